The molecule has 2 aromatic carbocycles. The van der Waals surface area contributed by atoms with Crippen LogP contribution in [0.15, 0.2) is 70.3 Å². The molecule has 2 amide bonds. The third-order valence-electron chi connectivity index (χ3n) is 3.66. The van der Waals surface area contributed by atoms with E-state index in [1.807, 2.05) is 0 Å². The topological polar surface area (TPSA) is 114 Å². The zero-order valence-corrected chi connectivity index (χ0v) is 17.1. The van der Waals surface area contributed by atoms with Gasteiger partial charge in [0.05, 0.1) is 10.5 Å². The lowest BCUT2D eigenvalue weighted by molar-refractivity contribution is -0.384. The summed E-state index contributed by atoms with van der Waals surface area (Å²) in [7, 11) is 0. The first-order valence-corrected chi connectivity index (χ1v) is 9.84. The van der Waals surface area contributed by atoms with Crippen molar-refractivity contribution in [3.8, 4) is 0 Å². The van der Waals surface area contributed by atoms with E-state index < -0.39 is 16.7 Å². The Balaban J connectivity index is 1.94. The van der Waals surface area contributed by atoms with Gasteiger partial charge in [0, 0.05) is 28.2 Å². The first-order valence-electron chi connectivity index (χ1n) is 8.17. The number of anilines is 1. The van der Waals surface area contributed by atoms with Gasteiger partial charge in [0.25, 0.3) is 17.5 Å². The maximum Gasteiger partial charge on any atom is 0.273 e. The van der Waals surface area contributed by atoms with Gasteiger partial charge < -0.3 is 5.32 Å². The Hall–Kier alpha value is -3.37. The molecule has 0 bridgehead atoms. The van der Waals surface area contributed by atoms with Crippen LogP contribution >= 0.6 is 27.3 Å². The summed E-state index contributed by atoms with van der Waals surface area (Å²) in [6.45, 7) is 0. The van der Waals surface area contributed by atoms with Gasteiger partial charge in [0.1, 0.15) is 5.70 Å². The number of carbonyl (C=O) groups is 2. The van der Waals surface area contributed by atoms with E-state index in [0.29, 0.717) is 20.7 Å². The van der Waals surface area contributed by atoms with Gasteiger partial charge in [0.2, 0.25) is 0 Å². The molecule has 3 aromatic rings. The second kappa shape index (κ2) is 9.22. The summed E-state index contributed by atoms with van der Waals surface area (Å²) in [5.74, 6) is -1.12. The average Bonchev–Trinajstić information content (AvgIpc) is 3.21. The first kappa shape index (κ1) is 20.4. The number of nitro groups is 1. The molecule has 0 aliphatic heterocycles. The Morgan fingerprint density at radius 3 is 2.66 bits per heavy atom. The quantitative estimate of drug-likeness (QED) is 0.316. The Labute approximate surface area is 177 Å². The molecular formula is C19H13BrN4O4S. The van der Waals surface area contributed by atoms with Crippen molar-refractivity contribution in [3.63, 3.8) is 0 Å². The van der Waals surface area contributed by atoms with Crippen molar-refractivity contribution in [2.45, 2.75) is 0 Å². The van der Waals surface area contributed by atoms with Crippen LogP contribution in [0.4, 0.5) is 10.8 Å². The Kier molecular flexibility index (Phi) is 6.47. The molecule has 1 aromatic heterocycles. The lowest BCUT2D eigenvalue weighted by atomic mass is 10.1. The molecule has 10 heteroatoms. The standard InChI is InChI=1S/C19H13BrN4O4S/c20-15-7-2-1-6-14(15)17(25)22-16(18(26)23-19-21-8-9-29-19)11-12-4-3-5-13(10-12)24(27)28/h1-11H,(H,22,25)(H,21,23,26)/b16-11-. The molecule has 0 aliphatic rings. The highest BCUT2D eigenvalue weighted by Crippen LogP contribution is 2.19. The molecule has 0 saturated heterocycles. The largest absolute Gasteiger partial charge is 0.317 e. The van der Waals surface area contributed by atoms with Crippen LogP contribution in [0.1, 0.15) is 15.9 Å². The molecule has 29 heavy (non-hydrogen) atoms. The summed E-state index contributed by atoms with van der Waals surface area (Å²) in [6.07, 6.45) is 2.90. The number of hydrogen-bond acceptors (Lipinski definition) is 6. The third-order valence-corrected chi connectivity index (χ3v) is 5.04. The lowest BCUT2D eigenvalue weighted by Crippen LogP contribution is -2.31. The fraction of sp³-hybridized carbons (Fsp3) is 0. The highest BCUT2D eigenvalue weighted by Gasteiger charge is 2.17. The van der Waals surface area contributed by atoms with E-state index in [4.69, 9.17) is 0 Å². The van der Waals surface area contributed by atoms with E-state index in [0.717, 1.165) is 0 Å². The smallest absolute Gasteiger partial charge is 0.273 e. The van der Waals surface area contributed by atoms with Crippen LogP contribution in [0.2, 0.25) is 0 Å². The number of nitro benzene ring substituents is 1. The fourth-order valence-corrected chi connectivity index (χ4v) is 3.33. The lowest BCUT2D eigenvalue weighted by Gasteiger charge is -2.11. The molecule has 0 unspecified atom stereocenters. The summed E-state index contributed by atoms with van der Waals surface area (Å²) in [4.78, 5) is 39.8. The number of rotatable bonds is 6. The zero-order chi connectivity index (χ0) is 20.8. The van der Waals surface area contributed by atoms with Gasteiger partial charge in [-0.25, -0.2) is 4.98 Å². The highest BCUT2D eigenvalue weighted by atomic mass is 79.9. The van der Waals surface area contributed by atoms with Crippen LogP contribution < -0.4 is 10.6 Å². The normalized spacial score (nSPS) is 11.0. The zero-order valence-electron chi connectivity index (χ0n) is 14.7. The maximum atomic E-state index is 12.7. The number of nitrogens with one attached hydrogen (secondary N) is 2. The number of benzene rings is 2. The molecule has 0 aliphatic carbocycles. The predicted octanol–water partition coefficient (Wildman–Crippen LogP) is 4.22. The Morgan fingerprint density at radius 1 is 1.17 bits per heavy atom. The first-order chi connectivity index (χ1) is 13.9. The Bertz CT molecular complexity index is 1100. The molecule has 0 saturated carbocycles. The van der Waals surface area contributed by atoms with Crippen LogP contribution in [0, 0.1) is 10.1 Å². The number of halogens is 1. The summed E-state index contributed by atoms with van der Waals surface area (Å²) in [5, 5.41) is 18.2. The minimum atomic E-state index is -0.605. The summed E-state index contributed by atoms with van der Waals surface area (Å²) < 4.78 is 0.563. The summed E-state index contributed by atoms with van der Waals surface area (Å²) in [6, 6.07) is 12.5. The third kappa shape index (κ3) is 5.33. The number of nitrogens with zero attached hydrogens (tertiary/aromatic N) is 2. The molecule has 3 rings (SSSR count). The molecule has 0 fully saturated rings. The minimum absolute atomic E-state index is 0.0820. The van der Waals surface area contributed by atoms with Crippen molar-refractivity contribution in [2.24, 2.45) is 0 Å². The predicted molar refractivity (Wildman–Crippen MR) is 113 cm³/mol. The van der Waals surface area contributed by atoms with E-state index in [1.165, 1.54) is 41.8 Å². The van der Waals surface area contributed by atoms with Gasteiger partial charge >= 0.3 is 0 Å². The fourth-order valence-electron chi connectivity index (χ4n) is 2.34. The average molecular weight is 473 g/mol. The van der Waals surface area contributed by atoms with E-state index in [9.17, 15) is 19.7 Å². The SMILES string of the molecule is O=C(Nc1nccs1)/C(=C/c1cccc([N+](=O)[O-])c1)NC(=O)c1ccccc1Br. The maximum absolute atomic E-state index is 12.7. The van der Waals surface area contributed by atoms with E-state index in [2.05, 4.69) is 31.5 Å². The van der Waals surface area contributed by atoms with Gasteiger partial charge in [-0.1, -0.05) is 24.3 Å². The molecule has 2 N–H and O–H groups in total. The number of carbonyl (C=O) groups excluding carboxylic acids is 2. The van der Waals surface area contributed by atoms with Crippen LogP contribution in [0.25, 0.3) is 6.08 Å². The molecule has 146 valence electrons. The van der Waals surface area contributed by atoms with Crippen LogP contribution in [-0.2, 0) is 4.79 Å². The van der Waals surface area contributed by atoms with Crippen molar-refractivity contribution in [1.29, 1.82) is 0 Å². The van der Waals surface area contributed by atoms with Crippen molar-refractivity contribution >= 4 is 56.0 Å². The van der Waals surface area contributed by atoms with Gasteiger partial charge in [-0.15, -0.1) is 11.3 Å². The van der Waals surface area contributed by atoms with E-state index in [-0.39, 0.29) is 11.4 Å². The van der Waals surface area contributed by atoms with Crippen molar-refractivity contribution < 1.29 is 14.5 Å². The van der Waals surface area contributed by atoms with Crippen LogP contribution in [0.3, 0.4) is 0 Å². The summed E-state index contributed by atoms with van der Waals surface area (Å²) in [5.41, 5.74) is 0.507. The van der Waals surface area contributed by atoms with Crippen LogP contribution in [-0.4, -0.2) is 21.7 Å². The molecule has 8 nitrogen and oxygen atoms in total. The number of non-ortho nitro benzene ring substituents is 1. The van der Waals surface area contributed by atoms with Crippen molar-refractivity contribution in [2.75, 3.05) is 5.32 Å². The molecular weight excluding hydrogens is 460 g/mol. The summed E-state index contributed by atoms with van der Waals surface area (Å²) >= 11 is 4.52. The minimum Gasteiger partial charge on any atom is -0.317 e. The van der Waals surface area contributed by atoms with Gasteiger partial charge in [-0.3, -0.25) is 25.0 Å². The van der Waals surface area contributed by atoms with E-state index >= 15 is 0 Å². The number of thiazole rings is 1. The molecule has 0 atom stereocenters. The van der Waals surface area contributed by atoms with E-state index in [1.54, 1.807) is 35.7 Å². The second-order valence-electron chi connectivity index (χ2n) is 5.64. The molecule has 0 radical (unpaired) electrons. The highest BCUT2D eigenvalue weighted by molar-refractivity contribution is 9.10. The van der Waals surface area contributed by atoms with Crippen molar-refractivity contribution in [3.05, 3.63) is 91.5 Å². The van der Waals surface area contributed by atoms with Gasteiger partial charge in [-0.05, 0) is 39.7 Å². The number of aromatic nitrogens is 1. The monoisotopic (exact) mass is 472 g/mol. The Morgan fingerprint density at radius 2 is 1.97 bits per heavy atom. The number of amides is 2. The number of hydrogen-bond donors (Lipinski definition) is 2. The van der Waals surface area contributed by atoms with Crippen LogP contribution in [0.5, 0.6) is 0 Å². The van der Waals surface area contributed by atoms with Gasteiger partial charge in [-0.2, -0.15) is 0 Å². The molecule has 1 heterocycles. The second-order valence-corrected chi connectivity index (χ2v) is 7.38. The molecule has 0 spiro atoms. The van der Waals surface area contributed by atoms with Gasteiger partial charge in [0.15, 0.2) is 5.13 Å². The van der Waals surface area contributed by atoms with Crippen molar-refractivity contribution in [1.82, 2.24) is 10.3 Å².